The quantitative estimate of drug-likeness (QED) is 0.931. The summed E-state index contributed by atoms with van der Waals surface area (Å²) in [5.41, 5.74) is 6.19. The second kappa shape index (κ2) is 5.05. The Morgan fingerprint density at radius 2 is 2.47 bits per heavy atom. The normalized spacial score (nSPS) is 18.9. The Morgan fingerprint density at radius 1 is 1.58 bits per heavy atom. The topological polar surface area (TPSA) is 64.1 Å². The van der Waals surface area contributed by atoms with Crippen LogP contribution in [0.15, 0.2) is 29.9 Å². The van der Waals surface area contributed by atoms with Gasteiger partial charge >= 0.3 is 0 Å². The molecule has 1 aliphatic rings. The van der Waals surface area contributed by atoms with Gasteiger partial charge in [-0.05, 0) is 24.3 Å². The first-order valence-electron chi connectivity index (χ1n) is 6.35. The highest BCUT2D eigenvalue weighted by Gasteiger charge is 2.30. The summed E-state index contributed by atoms with van der Waals surface area (Å²) in [5, 5.41) is 6.12. The summed E-state index contributed by atoms with van der Waals surface area (Å²) >= 11 is 1.72. The van der Waals surface area contributed by atoms with E-state index < -0.39 is 0 Å². The molecule has 3 heterocycles. The van der Waals surface area contributed by atoms with Crippen LogP contribution in [0.4, 0.5) is 5.69 Å². The first kappa shape index (κ1) is 12.2. The van der Waals surface area contributed by atoms with Crippen molar-refractivity contribution in [1.29, 1.82) is 0 Å². The van der Waals surface area contributed by atoms with E-state index in [1.165, 1.54) is 4.88 Å². The first-order valence-corrected chi connectivity index (χ1v) is 7.23. The molecule has 6 heteroatoms. The summed E-state index contributed by atoms with van der Waals surface area (Å²) in [6, 6.07) is 4.38. The average molecular weight is 276 g/mol. The lowest BCUT2D eigenvalue weighted by atomic mass is 10.2. The Hall–Kier alpha value is -1.82. The molecule has 1 fully saturated rings. The molecule has 0 aromatic carbocycles. The summed E-state index contributed by atoms with van der Waals surface area (Å²) in [5.74, 6) is 0.110. The highest BCUT2D eigenvalue weighted by molar-refractivity contribution is 7.10. The van der Waals surface area contributed by atoms with Crippen LogP contribution >= 0.6 is 11.3 Å². The number of thiophene rings is 1. The van der Waals surface area contributed by atoms with E-state index in [9.17, 15) is 4.79 Å². The second-order valence-electron chi connectivity index (χ2n) is 4.73. The molecular formula is C13H16N4OS. The van der Waals surface area contributed by atoms with Gasteiger partial charge in [-0.1, -0.05) is 6.07 Å². The molecule has 0 aliphatic carbocycles. The minimum absolute atomic E-state index is 0.110. The number of hydrogen-bond acceptors (Lipinski definition) is 4. The van der Waals surface area contributed by atoms with Crippen LogP contribution in [0.25, 0.3) is 0 Å². The fraction of sp³-hybridized carbons (Fsp3) is 0.385. The Labute approximate surface area is 115 Å². The lowest BCUT2D eigenvalue weighted by Gasteiger charge is -2.23. The molecule has 2 aromatic heterocycles. The molecule has 0 saturated carbocycles. The van der Waals surface area contributed by atoms with E-state index in [4.69, 9.17) is 5.73 Å². The lowest BCUT2D eigenvalue weighted by molar-refractivity contribution is -0.132. The van der Waals surface area contributed by atoms with Gasteiger partial charge in [0.15, 0.2) is 0 Å². The van der Waals surface area contributed by atoms with Crippen molar-refractivity contribution in [3.8, 4) is 0 Å². The van der Waals surface area contributed by atoms with E-state index in [0.29, 0.717) is 5.69 Å². The molecule has 5 nitrogen and oxygen atoms in total. The fourth-order valence-electron chi connectivity index (χ4n) is 2.54. The lowest BCUT2D eigenvalue weighted by Crippen LogP contribution is -2.33. The molecule has 1 aliphatic heterocycles. The third-order valence-electron chi connectivity index (χ3n) is 3.40. The van der Waals surface area contributed by atoms with E-state index in [2.05, 4.69) is 16.5 Å². The summed E-state index contributed by atoms with van der Waals surface area (Å²) in [7, 11) is 0. The number of nitrogens with two attached hydrogens (primary N) is 1. The zero-order valence-corrected chi connectivity index (χ0v) is 11.3. The maximum absolute atomic E-state index is 12.4. The molecule has 0 radical (unpaired) electrons. The molecule has 19 heavy (non-hydrogen) atoms. The zero-order chi connectivity index (χ0) is 13.2. The Bertz CT molecular complexity index is 563. The Balaban J connectivity index is 1.72. The van der Waals surface area contributed by atoms with E-state index in [-0.39, 0.29) is 18.5 Å². The van der Waals surface area contributed by atoms with E-state index in [1.54, 1.807) is 28.4 Å². The summed E-state index contributed by atoms with van der Waals surface area (Å²) in [4.78, 5) is 15.6. The van der Waals surface area contributed by atoms with Crippen molar-refractivity contribution >= 4 is 22.9 Å². The number of hydrogen-bond donors (Lipinski definition) is 1. The van der Waals surface area contributed by atoms with Crippen LogP contribution < -0.4 is 5.73 Å². The Morgan fingerprint density at radius 3 is 3.16 bits per heavy atom. The summed E-state index contributed by atoms with van der Waals surface area (Å²) in [6.45, 7) is 1.09. The predicted octanol–water partition coefficient (Wildman–Crippen LogP) is 1.89. The summed E-state index contributed by atoms with van der Waals surface area (Å²) in [6.07, 6.45) is 5.37. The van der Waals surface area contributed by atoms with Crippen LogP contribution in [-0.2, 0) is 11.3 Å². The molecule has 1 atom stereocenters. The number of aromatic nitrogens is 2. The molecule has 0 spiro atoms. The van der Waals surface area contributed by atoms with E-state index >= 15 is 0 Å². The van der Waals surface area contributed by atoms with E-state index in [1.807, 2.05) is 11.0 Å². The zero-order valence-electron chi connectivity index (χ0n) is 10.5. The smallest absolute Gasteiger partial charge is 0.244 e. The van der Waals surface area contributed by atoms with Gasteiger partial charge in [0.05, 0.1) is 17.9 Å². The number of rotatable bonds is 3. The van der Waals surface area contributed by atoms with Crippen molar-refractivity contribution in [3.05, 3.63) is 34.8 Å². The van der Waals surface area contributed by atoms with Crippen molar-refractivity contribution < 1.29 is 4.79 Å². The van der Waals surface area contributed by atoms with Crippen molar-refractivity contribution in [2.45, 2.75) is 25.4 Å². The highest BCUT2D eigenvalue weighted by atomic mass is 32.1. The van der Waals surface area contributed by atoms with Gasteiger partial charge in [-0.3, -0.25) is 9.48 Å². The van der Waals surface area contributed by atoms with Gasteiger partial charge in [0.1, 0.15) is 6.54 Å². The molecule has 2 N–H and O–H groups in total. The maximum atomic E-state index is 12.4. The van der Waals surface area contributed by atoms with Crippen molar-refractivity contribution in [2.24, 2.45) is 0 Å². The average Bonchev–Trinajstić information content (AvgIpc) is 3.07. The number of carbonyl (C=O) groups excluding carboxylic acids is 1. The minimum atomic E-state index is 0.110. The van der Waals surface area contributed by atoms with Gasteiger partial charge in [0.2, 0.25) is 5.91 Å². The van der Waals surface area contributed by atoms with Crippen molar-refractivity contribution in [1.82, 2.24) is 14.7 Å². The molecule has 0 bridgehead atoms. The molecule has 1 amide bonds. The molecular weight excluding hydrogens is 260 g/mol. The van der Waals surface area contributed by atoms with Gasteiger partial charge < -0.3 is 10.6 Å². The Kier molecular flexibility index (Phi) is 3.25. The van der Waals surface area contributed by atoms with Crippen LogP contribution in [0.5, 0.6) is 0 Å². The predicted molar refractivity (Wildman–Crippen MR) is 74.6 cm³/mol. The van der Waals surface area contributed by atoms with Crippen LogP contribution in [-0.4, -0.2) is 27.1 Å². The molecule has 1 saturated heterocycles. The third-order valence-corrected chi connectivity index (χ3v) is 4.37. The number of likely N-dealkylation sites (tertiary alicyclic amines) is 1. The number of amides is 1. The van der Waals surface area contributed by atoms with Crippen molar-refractivity contribution in [2.75, 3.05) is 12.3 Å². The van der Waals surface area contributed by atoms with Gasteiger partial charge in [-0.2, -0.15) is 5.10 Å². The van der Waals surface area contributed by atoms with Crippen LogP contribution in [0.1, 0.15) is 23.8 Å². The number of carbonyl (C=O) groups is 1. The van der Waals surface area contributed by atoms with Crippen LogP contribution in [0.3, 0.4) is 0 Å². The van der Waals surface area contributed by atoms with Gasteiger partial charge in [-0.15, -0.1) is 11.3 Å². The maximum Gasteiger partial charge on any atom is 0.244 e. The van der Waals surface area contributed by atoms with Gasteiger partial charge in [0, 0.05) is 17.6 Å². The molecule has 1 unspecified atom stereocenters. The first-order chi connectivity index (χ1) is 9.24. The van der Waals surface area contributed by atoms with Crippen LogP contribution in [0.2, 0.25) is 0 Å². The number of nitrogen functional groups attached to an aromatic ring is 1. The van der Waals surface area contributed by atoms with Gasteiger partial charge in [0.25, 0.3) is 0 Å². The monoisotopic (exact) mass is 276 g/mol. The summed E-state index contributed by atoms with van der Waals surface area (Å²) < 4.78 is 1.60. The van der Waals surface area contributed by atoms with Crippen LogP contribution in [0, 0.1) is 0 Å². The highest BCUT2D eigenvalue weighted by Crippen LogP contribution is 2.34. The third kappa shape index (κ3) is 2.49. The van der Waals surface area contributed by atoms with E-state index in [0.717, 1.165) is 19.4 Å². The van der Waals surface area contributed by atoms with Gasteiger partial charge in [-0.25, -0.2) is 0 Å². The molecule has 2 aromatic rings. The largest absolute Gasteiger partial charge is 0.396 e. The van der Waals surface area contributed by atoms with Crippen molar-refractivity contribution in [3.63, 3.8) is 0 Å². The number of anilines is 1. The molecule has 100 valence electrons. The fourth-order valence-corrected chi connectivity index (χ4v) is 3.41. The SMILES string of the molecule is Nc1cnn(CC(=O)N2CCCC2c2cccs2)c1. The standard InChI is InChI=1S/C13H16N4OS/c14-10-7-15-16(8-10)9-13(18)17-5-1-3-11(17)12-4-2-6-19-12/h2,4,6-8,11H,1,3,5,9,14H2. The second-order valence-corrected chi connectivity index (χ2v) is 5.71. The minimum Gasteiger partial charge on any atom is -0.396 e. The molecule has 3 rings (SSSR count). The number of nitrogens with zero attached hydrogens (tertiary/aromatic N) is 3.